The summed E-state index contributed by atoms with van der Waals surface area (Å²) in [5.74, 6) is 4.55. The Labute approximate surface area is 157 Å². The van der Waals surface area contributed by atoms with Gasteiger partial charge in [-0.1, -0.05) is 6.92 Å². The first-order valence-corrected chi connectivity index (χ1v) is 9.63. The van der Waals surface area contributed by atoms with Crippen molar-refractivity contribution in [3.8, 4) is 0 Å². The number of likely N-dealkylation sites (tertiary alicyclic amines) is 1. The minimum Gasteiger partial charge on any atom is -0.356 e. The van der Waals surface area contributed by atoms with Crippen molar-refractivity contribution in [1.29, 1.82) is 0 Å². The molecule has 22 heavy (non-hydrogen) atoms. The van der Waals surface area contributed by atoms with Gasteiger partial charge in [0.15, 0.2) is 5.96 Å². The van der Waals surface area contributed by atoms with Gasteiger partial charge in [0.1, 0.15) is 0 Å². The molecule has 4 nitrogen and oxygen atoms in total. The third-order valence-corrected chi connectivity index (χ3v) is 5.90. The lowest BCUT2D eigenvalue weighted by atomic mass is 10.0. The van der Waals surface area contributed by atoms with E-state index in [1.165, 1.54) is 50.3 Å². The molecule has 0 aromatic rings. The molecule has 0 amide bonds. The number of hydrogen-bond acceptors (Lipinski definition) is 3. The normalized spacial score (nSPS) is 24.1. The number of guanidine groups is 1. The molecule has 2 aliphatic rings. The van der Waals surface area contributed by atoms with E-state index in [-0.39, 0.29) is 24.0 Å². The van der Waals surface area contributed by atoms with Crippen LogP contribution in [0.15, 0.2) is 4.99 Å². The van der Waals surface area contributed by atoms with Crippen LogP contribution in [0, 0.1) is 5.92 Å². The molecule has 2 rings (SSSR count). The Kier molecular flexibility index (Phi) is 10.1. The molecule has 2 saturated heterocycles. The Morgan fingerprint density at radius 3 is 2.68 bits per heavy atom. The maximum Gasteiger partial charge on any atom is 0.193 e. The molecule has 0 aliphatic carbocycles. The van der Waals surface area contributed by atoms with Gasteiger partial charge in [-0.05, 0) is 56.2 Å². The van der Waals surface area contributed by atoms with Crippen LogP contribution in [0.1, 0.15) is 32.6 Å². The van der Waals surface area contributed by atoms with Crippen molar-refractivity contribution in [2.24, 2.45) is 10.9 Å². The largest absolute Gasteiger partial charge is 0.356 e. The fraction of sp³-hybridized carbons (Fsp3) is 0.938. The van der Waals surface area contributed by atoms with Crippen molar-refractivity contribution in [2.75, 3.05) is 51.8 Å². The number of thioether (sulfide) groups is 1. The van der Waals surface area contributed by atoms with Gasteiger partial charge in [-0.2, -0.15) is 11.8 Å². The van der Waals surface area contributed by atoms with Crippen LogP contribution in [0.5, 0.6) is 0 Å². The van der Waals surface area contributed by atoms with Crippen molar-refractivity contribution >= 4 is 41.7 Å². The molecule has 0 aromatic carbocycles. The molecule has 2 fully saturated rings. The Morgan fingerprint density at radius 2 is 2.05 bits per heavy atom. The smallest absolute Gasteiger partial charge is 0.193 e. The number of halogens is 1. The van der Waals surface area contributed by atoms with E-state index in [4.69, 9.17) is 0 Å². The van der Waals surface area contributed by atoms with Crippen molar-refractivity contribution < 1.29 is 0 Å². The fourth-order valence-electron chi connectivity index (χ4n) is 3.49. The molecule has 1 atom stereocenters. The summed E-state index contributed by atoms with van der Waals surface area (Å²) in [6.07, 6.45) is 5.38. The highest BCUT2D eigenvalue weighted by Crippen LogP contribution is 2.22. The highest BCUT2D eigenvalue weighted by atomic mass is 127. The molecule has 0 saturated carbocycles. The van der Waals surface area contributed by atoms with Crippen LogP contribution in [0.4, 0.5) is 0 Å². The van der Waals surface area contributed by atoms with Crippen molar-refractivity contribution in [2.45, 2.75) is 38.6 Å². The van der Waals surface area contributed by atoms with E-state index in [2.05, 4.69) is 45.8 Å². The van der Waals surface area contributed by atoms with Gasteiger partial charge >= 0.3 is 0 Å². The molecule has 0 spiro atoms. The van der Waals surface area contributed by atoms with E-state index >= 15 is 0 Å². The highest BCUT2D eigenvalue weighted by molar-refractivity contribution is 14.0. The van der Waals surface area contributed by atoms with Crippen LogP contribution >= 0.6 is 35.7 Å². The number of likely N-dealkylation sites (N-methyl/N-ethyl adjacent to an activating group) is 2. The van der Waals surface area contributed by atoms with Crippen LogP contribution in [0.3, 0.4) is 0 Å². The highest BCUT2D eigenvalue weighted by Gasteiger charge is 2.25. The SMILES string of the molecule is CCN1CCCC1CN(C)C(=NC)NCC1CCSCC1.I. The number of nitrogens with one attached hydrogen (secondary N) is 1. The minimum atomic E-state index is 0. The Hall–Kier alpha value is 0.310. The van der Waals surface area contributed by atoms with Crippen LogP contribution in [-0.2, 0) is 0 Å². The third-order valence-electron chi connectivity index (χ3n) is 4.85. The lowest BCUT2D eigenvalue weighted by molar-refractivity contribution is 0.232. The van der Waals surface area contributed by atoms with E-state index in [9.17, 15) is 0 Å². The summed E-state index contributed by atoms with van der Waals surface area (Å²) >= 11 is 2.10. The van der Waals surface area contributed by atoms with Crippen molar-refractivity contribution in [1.82, 2.24) is 15.1 Å². The summed E-state index contributed by atoms with van der Waals surface area (Å²) in [5.41, 5.74) is 0. The van der Waals surface area contributed by atoms with Gasteiger partial charge in [-0.25, -0.2) is 0 Å². The Balaban J connectivity index is 0.00000242. The maximum absolute atomic E-state index is 4.47. The van der Waals surface area contributed by atoms with E-state index < -0.39 is 0 Å². The predicted molar refractivity (Wildman–Crippen MR) is 110 cm³/mol. The molecular formula is C16H33IN4S. The van der Waals surface area contributed by atoms with Crippen LogP contribution in [0.25, 0.3) is 0 Å². The molecule has 0 radical (unpaired) electrons. The van der Waals surface area contributed by atoms with E-state index in [1.807, 2.05) is 7.05 Å². The van der Waals surface area contributed by atoms with Crippen molar-refractivity contribution in [3.63, 3.8) is 0 Å². The lowest BCUT2D eigenvalue weighted by Gasteiger charge is -2.31. The second-order valence-electron chi connectivity index (χ2n) is 6.29. The molecule has 1 N–H and O–H groups in total. The summed E-state index contributed by atoms with van der Waals surface area (Å²) in [5, 5.41) is 3.59. The van der Waals surface area contributed by atoms with E-state index in [0.29, 0.717) is 6.04 Å². The quantitative estimate of drug-likeness (QED) is 0.405. The first kappa shape index (κ1) is 20.4. The standard InChI is InChI=1S/C16H32N4S.HI/c1-4-20-9-5-6-15(20)13-19(3)16(17-2)18-12-14-7-10-21-11-8-14;/h14-15H,4-13H2,1-3H3,(H,17,18);1H. The molecule has 130 valence electrons. The summed E-state index contributed by atoms with van der Waals surface area (Å²) in [6, 6.07) is 0.699. The van der Waals surface area contributed by atoms with Gasteiger partial charge < -0.3 is 10.2 Å². The van der Waals surface area contributed by atoms with Gasteiger partial charge in [-0.3, -0.25) is 9.89 Å². The van der Waals surface area contributed by atoms with E-state index in [0.717, 1.165) is 25.0 Å². The Morgan fingerprint density at radius 1 is 1.32 bits per heavy atom. The summed E-state index contributed by atoms with van der Waals surface area (Å²) in [6.45, 7) is 6.88. The molecule has 2 heterocycles. The lowest BCUT2D eigenvalue weighted by Crippen LogP contribution is -2.47. The minimum absolute atomic E-state index is 0. The average molecular weight is 440 g/mol. The van der Waals surface area contributed by atoms with Gasteiger partial charge in [-0.15, -0.1) is 24.0 Å². The van der Waals surface area contributed by atoms with Crippen LogP contribution < -0.4 is 5.32 Å². The molecule has 6 heteroatoms. The summed E-state index contributed by atoms with van der Waals surface area (Å²) < 4.78 is 0. The molecule has 2 aliphatic heterocycles. The molecule has 0 bridgehead atoms. The first-order chi connectivity index (χ1) is 10.2. The van der Waals surface area contributed by atoms with Crippen LogP contribution in [-0.4, -0.2) is 73.6 Å². The maximum atomic E-state index is 4.47. The number of aliphatic imine (C=N–C) groups is 1. The third kappa shape index (κ3) is 6.07. The van der Waals surface area contributed by atoms with Gasteiger partial charge in [0.2, 0.25) is 0 Å². The number of hydrogen-bond donors (Lipinski definition) is 1. The number of rotatable bonds is 5. The monoisotopic (exact) mass is 440 g/mol. The zero-order valence-electron chi connectivity index (χ0n) is 14.4. The fourth-order valence-corrected chi connectivity index (χ4v) is 4.70. The second kappa shape index (κ2) is 11.0. The Bertz CT molecular complexity index is 334. The summed E-state index contributed by atoms with van der Waals surface area (Å²) in [7, 11) is 4.08. The number of nitrogens with zero attached hydrogens (tertiary/aromatic N) is 3. The topological polar surface area (TPSA) is 30.9 Å². The molecule has 1 unspecified atom stereocenters. The van der Waals surface area contributed by atoms with Gasteiger partial charge in [0.25, 0.3) is 0 Å². The predicted octanol–water partition coefficient (Wildman–Crippen LogP) is 2.74. The zero-order chi connectivity index (χ0) is 15.1. The van der Waals surface area contributed by atoms with Crippen molar-refractivity contribution in [3.05, 3.63) is 0 Å². The molecule has 0 aromatic heterocycles. The molecular weight excluding hydrogens is 407 g/mol. The first-order valence-electron chi connectivity index (χ1n) is 8.48. The average Bonchev–Trinajstić information content (AvgIpc) is 2.96. The second-order valence-corrected chi connectivity index (χ2v) is 7.51. The van der Waals surface area contributed by atoms with Gasteiger partial charge in [0.05, 0.1) is 0 Å². The van der Waals surface area contributed by atoms with E-state index in [1.54, 1.807) is 0 Å². The van der Waals surface area contributed by atoms with Crippen LogP contribution in [0.2, 0.25) is 0 Å². The summed E-state index contributed by atoms with van der Waals surface area (Å²) in [4.78, 5) is 9.39. The zero-order valence-corrected chi connectivity index (χ0v) is 17.5. The van der Waals surface area contributed by atoms with Gasteiger partial charge in [0, 0.05) is 33.2 Å².